The van der Waals surface area contributed by atoms with Crippen LogP contribution in [0.2, 0.25) is 0 Å². The van der Waals surface area contributed by atoms with Crippen LogP contribution in [0.3, 0.4) is 0 Å². The molecule has 1 aromatic rings. The lowest BCUT2D eigenvalue weighted by molar-refractivity contribution is 0.0696. The number of rotatable bonds is 3. The molecule has 6 nitrogen and oxygen atoms in total. The van der Waals surface area contributed by atoms with E-state index in [0.29, 0.717) is 17.5 Å². The lowest BCUT2D eigenvalue weighted by Gasteiger charge is -2.32. The van der Waals surface area contributed by atoms with Crippen LogP contribution >= 0.6 is 0 Å². The Kier molecular flexibility index (Phi) is 4.77. The minimum atomic E-state index is -1.07. The zero-order valence-electron chi connectivity index (χ0n) is 12.3. The van der Waals surface area contributed by atoms with Crippen molar-refractivity contribution < 1.29 is 14.7 Å². The summed E-state index contributed by atoms with van der Waals surface area (Å²) in [6.45, 7) is 4.45. The van der Waals surface area contributed by atoms with E-state index in [2.05, 4.69) is 29.5 Å². The van der Waals surface area contributed by atoms with Gasteiger partial charge in [0.2, 0.25) is 0 Å². The third-order valence-corrected chi connectivity index (χ3v) is 4.18. The summed E-state index contributed by atoms with van der Waals surface area (Å²) in [5.41, 5.74) is 0.428. The number of aromatic carboxylic acids is 1. The molecular weight excluding hydrogens is 270 g/mol. The lowest BCUT2D eigenvalue weighted by Crippen LogP contribution is -2.42. The molecule has 2 rings (SSSR count). The fraction of sp³-hybridized carbons (Fsp3) is 0.533. The van der Waals surface area contributed by atoms with Crippen LogP contribution < -0.4 is 10.6 Å². The number of anilines is 1. The number of hydrogen-bond acceptors (Lipinski definition) is 3. The van der Waals surface area contributed by atoms with Gasteiger partial charge in [-0.15, -0.1) is 0 Å². The van der Waals surface area contributed by atoms with Gasteiger partial charge in [0.1, 0.15) is 0 Å². The quantitative estimate of drug-likeness (QED) is 0.798. The Hall–Kier alpha value is -2.11. The smallest absolute Gasteiger partial charge is 0.337 e. The maximum absolute atomic E-state index is 12.0. The molecule has 114 valence electrons. The molecule has 2 amide bonds. The highest BCUT2D eigenvalue weighted by Gasteiger charge is 2.25. The SMILES string of the molecule is CC1CCC(NC(=O)Nc2cncc(C(=O)O)c2)CC1C. The zero-order valence-corrected chi connectivity index (χ0v) is 12.3. The Labute approximate surface area is 124 Å². The molecule has 1 aliphatic rings. The predicted molar refractivity (Wildman–Crippen MR) is 79.3 cm³/mol. The van der Waals surface area contributed by atoms with Gasteiger partial charge in [-0.2, -0.15) is 0 Å². The average Bonchev–Trinajstić information content (AvgIpc) is 2.43. The van der Waals surface area contributed by atoms with Gasteiger partial charge >= 0.3 is 12.0 Å². The van der Waals surface area contributed by atoms with Gasteiger partial charge in [0.15, 0.2) is 0 Å². The minimum Gasteiger partial charge on any atom is -0.478 e. The molecule has 0 bridgehead atoms. The molecular formula is C15H21N3O3. The summed E-state index contributed by atoms with van der Waals surface area (Å²) < 4.78 is 0. The molecule has 1 aliphatic carbocycles. The number of carboxylic acid groups (broad SMARTS) is 1. The molecule has 0 saturated heterocycles. The first kappa shape index (κ1) is 15.3. The van der Waals surface area contributed by atoms with Crippen molar-refractivity contribution in [1.82, 2.24) is 10.3 Å². The van der Waals surface area contributed by atoms with Gasteiger partial charge in [-0.25, -0.2) is 9.59 Å². The number of carboxylic acids is 1. The third-order valence-electron chi connectivity index (χ3n) is 4.18. The third kappa shape index (κ3) is 4.18. The molecule has 21 heavy (non-hydrogen) atoms. The molecule has 3 N–H and O–H groups in total. The van der Waals surface area contributed by atoms with Gasteiger partial charge < -0.3 is 15.7 Å². The van der Waals surface area contributed by atoms with E-state index in [0.717, 1.165) is 19.3 Å². The summed E-state index contributed by atoms with van der Waals surface area (Å²) in [5, 5.41) is 14.5. The van der Waals surface area contributed by atoms with E-state index in [4.69, 9.17) is 5.11 Å². The fourth-order valence-corrected chi connectivity index (χ4v) is 2.66. The molecule has 1 aromatic heterocycles. The van der Waals surface area contributed by atoms with Crippen molar-refractivity contribution in [3.8, 4) is 0 Å². The number of aromatic nitrogens is 1. The Balaban J connectivity index is 1.90. The van der Waals surface area contributed by atoms with Crippen LogP contribution in [0.25, 0.3) is 0 Å². The topological polar surface area (TPSA) is 91.3 Å². The second-order valence-corrected chi connectivity index (χ2v) is 5.83. The second kappa shape index (κ2) is 6.56. The maximum atomic E-state index is 12.0. The van der Waals surface area contributed by atoms with E-state index in [1.54, 1.807) is 0 Å². The normalized spacial score (nSPS) is 25.1. The fourth-order valence-electron chi connectivity index (χ4n) is 2.66. The standard InChI is InChI=1S/C15H21N3O3/c1-9-3-4-12(5-10(9)2)17-15(21)18-13-6-11(14(19)20)7-16-8-13/h6-10,12H,3-5H2,1-2H3,(H,19,20)(H2,17,18,21). The van der Waals surface area contributed by atoms with Crippen molar-refractivity contribution in [3.63, 3.8) is 0 Å². The van der Waals surface area contributed by atoms with Gasteiger partial charge in [-0.1, -0.05) is 13.8 Å². The number of pyridine rings is 1. The number of carbonyl (C=O) groups is 2. The number of amides is 2. The number of carbonyl (C=O) groups excluding carboxylic acids is 1. The van der Waals surface area contributed by atoms with E-state index in [-0.39, 0.29) is 17.6 Å². The maximum Gasteiger partial charge on any atom is 0.337 e. The summed E-state index contributed by atoms with van der Waals surface area (Å²) in [7, 11) is 0. The van der Waals surface area contributed by atoms with Gasteiger partial charge in [0.05, 0.1) is 17.4 Å². The summed E-state index contributed by atoms with van der Waals surface area (Å²) in [6, 6.07) is 1.25. The molecule has 6 heteroatoms. The summed E-state index contributed by atoms with van der Waals surface area (Å²) in [5.74, 6) is 0.227. The van der Waals surface area contributed by atoms with Gasteiger partial charge in [-0.3, -0.25) is 4.98 Å². The van der Waals surface area contributed by atoms with Crippen molar-refractivity contribution in [2.24, 2.45) is 11.8 Å². The van der Waals surface area contributed by atoms with E-state index < -0.39 is 5.97 Å². The van der Waals surface area contributed by atoms with Crippen molar-refractivity contribution in [3.05, 3.63) is 24.0 Å². The lowest BCUT2D eigenvalue weighted by atomic mass is 9.79. The second-order valence-electron chi connectivity index (χ2n) is 5.83. The molecule has 1 heterocycles. The molecule has 1 fully saturated rings. The number of urea groups is 1. The number of nitrogens with zero attached hydrogens (tertiary/aromatic N) is 1. The molecule has 3 atom stereocenters. The Bertz CT molecular complexity index is 533. The van der Waals surface area contributed by atoms with E-state index in [1.807, 2.05) is 0 Å². The summed E-state index contributed by atoms with van der Waals surface area (Å²) in [4.78, 5) is 26.6. The Morgan fingerprint density at radius 1 is 1.24 bits per heavy atom. The van der Waals surface area contributed by atoms with E-state index >= 15 is 0 Å². The first-order valence-corrected chi connectivity index (χ1v) is 7.21. The summed E-state index contributed by atoms with van der Waals surface area (Å²) >= 11 is 0. The van der Waals surface area contributed by atoms with Crippen molar-refractivity contribution in [2.75, 3.05) is 5.32 Å². The Morgan fingerprint density at radius 3 is 2.67 bits per heavy atom. The van der Waals surface area contributed by atoms with Gasteiger partial charge in [0, 0.05) is 12.2 Å². The molecule has 1 saturated carbocycles. The highest BCUT2D eigenvalue weighted by Crippen LogP contribution is 2.29. The van der Waals surface area contributed by atoms with Crippen LogP contribution in [0.15, 0.2) is 18.5 Å². The minimum absolute atomic E-state index is 0.0490. The first-order chi connectivity index (χ1) is 9.95. The van der Waals surface area contributed by atoms with E-state index in [1.165, 1.54) is 18.5 Å². The molecule has 0 aliphatic heterocycles. The molecule has 0 spiro atoms. The first-order valence-electron chi connectivity index (χ1n) is 7.21. The number of nitrogens with one attached hydrogen (secondary N) is 2. The average molecular weight is 291 g/mol. The molecule has 0 aromatic carbocycles. The predicted octanol–water partition coefficient (Wildman–Crippen LogP) is 2.73. The van der Waals surface area contributed by atoms with Crippen LogP contribution in [0.5, 0.6) is 0 Å². The van der Waals surface area contributed by atoms with Crippen LogP contribution in [-0.4, -0.2) is 28.1 Å². The highest BCUT2D eigenvalue weighted by molar-refractivity contribution is 5.92. The van der Waals surface area contributed by atoms with Crippen molar-refractivity contribution in [2.45, 2.75) is 39.2 Å². The molecule has 0 radical (unpaired) electrons. The summed E-state index contributed by atoms with van der Waals surface area (Å²) in [6.07, 6.45) is 5.74. The number of hydrogen-bond donors (Lipinski definition) is 3. The zero-order chi connectivity index (χ0) is 15.4. The van der Waals surface area contributed by atoms with Crippen LogP contribution in [-0.2, 0) is 0 Å². The monoisotopic (exact) mass is 291 g/mol. The molecule has 3 unspecified atom stereocenters. The highest BCUT2D eigenvalue weighted by atomic mass is 16.4. The van der Waals surface area contributed by atoms with E-state index in [9.17, 15) is 9.59 Å². The van der Waals surface area contributed by atoms with Crippen LogP contribution in [0.1, 0.15) is 43.5 Å². The van der Waals surface area contributed by atoms with Gasteiger partial charge in [-0.05, 0) is 37.2 Å². The van der Waals surface area contributed by atoms with Crippen LogP contribution in [0, 0.1) is 11.8 Å². The van der Waals surface area contributed by atoms with Gasteiger partial charge in [0.25, 0.3) is 0 Å². The van der Waals surface area contributed by atoms with Crippen molar-refractivity contribution >= 4 is 17.7 Å². The Morgan fingerprint density at radius 2 is 2.00 bits per heavy atom. The van der Waals surface area contributed by atoms with Crippen molar-refractivity contribution in [1.29, 1.82) is 0 Å². The van der Waals surface area contributed by atoms with Crippen LogP contribution in [0.4, 0.5) is 10.5 Å². The largest absolute Gasteiger partial charge is 0.478 e.